The molecule has 0 saturated carbocycles. The van der Waals surface area contributed by atoms with Gasteiger partial charge in [0.25, 0.3) is 0 Å². The predicted molar refractivity (Wildman–Crippen MR) is 103 cm³/mol. The van der Waals surface area contributed by atoms with Gasteiger partial charge < -0.3 is 9.84 Å². The molecule has 0 fully saturated rings. The largest absolute Gasteiger partial charge is 0.490 e. The number of rotatable bonds is 11. The van der Waals surface area contributed by atoms with E-state index in [1.807, 2.05) is 36.4 Å². The number of hydrogen-bond donors (Lipinski definition) is 2. The van der Waals surface area contributed by atoms with Crippen LogP contribution in [0.25, 0.3) is 10.8 Å². The first kappa shape index (κ1) is 20.6. The van der Waals surface area contributed by atoms with Gasteiger partial charge in [-0.2, -0.15) is 12.7 Å². The number of fused-ring (bicyclic) bond motifs is 1. The zero-order chi connectivity index (χ0) is 19.0. The maximum Gasteiger partial charge on any atom is 0.335 e. The zero-order valence-electron chi connectivity index (χ0n) is 15.0. The Kier molecular flexibility index (Phi) is 7.84. The highest BCUT2D eigenvalue weighted by molar-refractivity contribution is 7.83. The Balaban J connectivity index is 1.93. The maximum atomic E-state index is 11.5. The summed E-state index contributed by atoms with van der Waals surface area (Å²) in [6.07, 6.45) is 2.52. The predicted octanol–water partition coefficient (Wildman–Crippen LogP) is 3.26. The summed E-state index contributed by atoms with van der Waals surface area (Å²) >= 11 is 0. The first-order chi connectivity index (χ1) is 12.4. The second-order valence-corrected chi connectivity index (χ2v) is 7.75. The molecule has 26 heavy (non-hydrogen) atoms. The normalized spacial score (nSPS) is 13.2. The SMILES string of the molecule is CCCCCCN(CC(O)COc1cccc2ccccc12)S(=O)(=O)O. The number of unbranched alkanes of at least 4 members (excludes halogenated alkanes) is 3. The van der Waals surface area contributed by atoms with Gasteiger partial charge in [-0.25, -0.2) is 0 Å². The lowest BCUT2D eigenvalue weighted by Crippen LogP contribution is -2.40. The molecule has 0 aliphatic carbocycles. The monoisotopic (exact) mass is 381 g/mol. The van der Waals surface area contributed by atoms with Crippen LogP contribution in [0, 0.1) is 0 Å². The van der Waals surface area contributed by atoms with Gasteiger partial charge in [0.05, 0.1) is 0 Å². The van der Waals surface area contributed by atoms with Crippen LogP contribution in [-0.4, -0.2) is 48.2 Å². The van der Waals surface area contributed by atoms with Crippen LogP contribution in [0.2, 0.25) is 0 Å². The Hall–Kier alpha value is -1.67. The molecule has 0 aliphatic rings. The van der Waals surface area contributed by atoms with Crippen molar-refractivity contribution < 1.29 is 22.8 Å². The number of aliphatic hydroxyl groups excluding tert-OH is 1. The van der Waals surface area contributed by atoms with E-state index in [4.69, 9.17) is 4.74 Å². The topological polar surface area (TPSA) is 87.1 Å². The summed E-state index contributed by atoms with van der Waals surface area (Å²) in [4.78, 5) is 0. The zero-order valence-corrected chi connectivity index (χ0v) is 15.9. The minimum absolute atomic E-state index is 0.0605. The highest BCUT2D eigenvalue weighted by Crippen LogP contribution is 2.25. The van der Waals surface area contributed by atoms with Crippen molar-refractivity contribution >= 4 is 21.1 Å². The van der Waals surface area contributed by atoms with Crippen molar-refractivity contribution in [3.8, 4) is 5.75 Å². The van der Waals surface area contributed by atoms with Gasteiger partial charge in [-0.1, -0.05) is 62.6 Å². The van der Waals surface area contributed by atoms with Crippen molar-refractivity contribution in [3.63, 3.8) is 0 Å². The van der Waals surface area contributed by atoms with Crippen LogP contribution in [0.3, 0.4) is 0 Å². The number of hydrogen-bond acceptors (Lipinski definition) is 4. The fourth-order valence-electron chi connectivity index (χ4n) is 2.81. The van der Waals surface area contributed by atoms with Crippen LogP contribution < -0.4 is 4.74 Å². The molecule has 0 heterocycles. The molecule has 0 saturated heterocycles. The molecule has 2 aromatic rings. The lowest BCUT2D eigenvalue weighted by Gasteiger charge is -2.22. The van der Waals surface area contributed by atoms with E-state index in [-0.39, 0.29) is 19.7 Å². The lowest BCUT2D eigenvalue weighted by atomic mass is 10.1. The Bertz CT molecular complexity index is 788. The molecule has 144 valence electrons. The van der Waals surface area contributed by atoms with E-state index in [9.17, 15) is 18.1 Å². The van der Waals surface area contributed by atoms with Crippen molar-refractivity contribution in [2.75, 3.05) is 19.7 Å². The average Bonchev–Trinajstić information content (AvgIpc) is 2.61. The molecule has 2 aromatic carbocycles. The fourth-order valence-corrected chi connectivity index (χ4v) is 3.53. The first-order valence-electron chi connectivity index (χ1n) is 8.93. The number of benzene rings is 2. The molecular weight excluding hydrogens is 354 g/mol. The fraction of sp³-hybridized carbons (Fsp3) is 0.474. The summed E-state index contributed by atoms with van der Waals surface area (Å²) in [7, 11) is -4.35. The van der Waals surface area contributed by atoms with E-state index in [1.54, 1.807) is 6.07 Å². The highest BCUT2D eigenvalue weighted by Gasteiger charge is 2.22. The Morgan fingerprint density at radius 1 is 1.08 bits per heavy atom. The van der Waals surface area contributed by atoms with Gasteiger partial charge in [-0.3, -0.25) is 4.55 Å². The van der Waals surface area contributed by atoms with Gasteiger partial charge in [0.15, 0.2) is 0 Å². The van der Waals surface area contributed by atoms with Gasteiger partial charge in [0.1, 0.15) is 18.5 Å². The molecule has 0 aromatic heterocycles. The Morgan fingerprint density at radius 2 is 1.81 bits per heavy atom. The van der Waals surface area contributed by atoms with E-state index in [0.29, 0.717) is 12.2 Å². The molecule has 1 unspecified atom stereocenters. The summed E-state index contributed by atoms with van der Waals surface area (Å²) < 4.78 is 39.0. The molecule has 0 amide bonds. The van der Waals surface area contributed by atoms with E-state index < -0.39 is 16.4 Å². The van der Waals surface area contributed by atoms with E-state index in [1.165, 1.54) is 0 Å². The second kappa shape index (κ2) is 9.87. The van der Waals surface area contributed by atoms with Crippen LogP contribution in [0.1, 0.15) is 32.6 Å². The molecule has 2 N–H and O–H groups in total. The van der Waals surface area contributed by atoms with Gasteiger partial charge in [0.2, 0.25) is 0 Å². The third-order valence-corrected chi connectivity index (χ3v) is 5.17. The summed E-state index contributed by atoms with van der Waals surface area (Å²) in [5.74, 6) is 0.628. The van der Waals surface area contributed by atoms with Gasteiger partial charge >= 0.3 is 10.3 Å². The quantitative estimate of drug-likeness (QED) is 0.461. The third kappa shape index (κ3) is 6.25. The molecule has 0 radical (unpaired) electrons. The number of aliphatic hydroxyl groups is 1. The van der Waals surface area contributed by atoms with Crippen LogP contribution in [0.4, 0.5) is 0 Å². The summed E-state index contributed by atoms with van der Waals surface area (Å²) in [6.45, 7) is 1.99. The van der Waals surface area contributed by atoms with Gasteiger partial charge in [0, 0.05) is 18.5 Å². The lowest BCUT2D eigenvalue weighted by molar-refractivity contribution is 0.0875. The minimum atomic E-state index is -4.35. The van der Waals surface area contributed by atoms with Crippen molar-refractivity contribution in [1.29, 1.82) is 0 Å². The highest BCUT2D eigenvalue weighted by atomic mass is 32.2. The average molecular weight is 381 g/mol. The molecule has 1 atom stereocenters. The summed E-state index contributed by atoms with van der Waals surface area (Å²) in [5, 5.41) is 12.1. The van der Waals surface area contributed by atoms with Crippen LogP contribution in [-0.2, 0) is 10.3 Å². The van der Waals surface area contributed by atoms with Gasteiger partial charge in [-0.15, -0.1) is 0 Å². The third-order valence-electron chi connectivity index (χ3n) is 4.18. The van der Waals surface area contributed by atoms with E-state index in [0.717, 1.165) is 34.3 Å². The molecule has 0 spiro atoms. The minimum Gasteiger partial charge on any atom is -0.490 e. The van der Waals surface area contributed by atoms with Crippen LogP contribution >= 0.6 is 0 Å². The van der Waals surface area contributed by atoms with Crippen molar-refractivity contribution in [2.45, 2.75) is 38.7 Å². The molecule has 6 nitrogen and oxygen atoms in total. The van der Waals surface area contributed by atoms with E-state index >= 15 is 0 Å². The summed E-state index contributed by atoms with van der Waals surface area (Å²) in [5.41, 5.74) is 0. The first-order valence-corrected chi connectivity index (χ1v) is 10.3. The standard InChI is InChI=1S/C19H27NO5S/c1-2-3-4-7-13-20(26(22,23)24)14-17(21)15-25-19-12-8-10-16-9-5-6-11-18(16)19/h5-6,8-12,17,21H,2-4,7,13-15H2,1H3,(H,22,23,24). The number of ether oxygens (including phenoxy) is 1. The molecule has 0 bridgehead atoms. The second-order valence-electron chi connectivity index (χ2n) is 6.34. The molecule has 0 aliphatic heterocycles. The van der Waals surface area contributed by atoms with E-state index in [2.05, 4.69) is 6.92 Å². The van der Waals surface area contributed by atoms with Crippen LogP contribution in [0.15, 0.2) is 42.5 Å². The number of nitrogens with zero attached hydrogens (tertiary/aromatic N) is 1. The molecular formula is C19H27NO5S. The van der Waals surface area contributed by atoms with Gasteiger partial charge in [-0.05, 0) is 17.9 Å². The van der Waals surface area contributed by atoms with Crippen molar-refractivity contribution in [2.24, 2.45) is 0 Å². The Morgan fingerprint density at radius 3 is 2.54 bits per heavy atom. The Labute approximate surface area is 155 Å². The van der Waals surface area contributed by atoms with Crippen LogP contribution in [0.5, 0.6) is 5.75 Å². The molecule has 2 rings (SSSR count). The maximum absolute atomic E-state index is 11.5. The van der Waals surface area contributed by atoms with Crippen molar-refractivity contribution in [3.05, 3.63) is 42.5 Å². The smallest absolute Gasteiger partial charge is 0.335 e. The molecule has 7 heteroatoms. The summed E-state index contributed by atoms with van der Waals surface area (Å²) in [6, 6.07) is 13.4. The van der Waals surface area contributed by atoms with Crippen molar-refractivity contribution in [1.82, 2.24) is 4.31 Å².